The average molecular weight is 479 g/mol. The molecule has 0 radical (unpaired) electrons. The summed E-state index contributed by atoms with van der Waals surface area (Å²) in [5, 5.41) is 12.5. The number of thioether (sulfide) groups is 1. The van der Waals surface area contributed by atoms with E-state index in [1.807, 2.05) is 0 Å². The second kappa shape index (κ2) is 10.4. The number of rotatable bonds is 8. The maximum absolute atomic E-state index is 14.0. The molecule has 1 fully saturated rings. The van der Waals surface area contributed by atoms with Gasteiger partial charge in [-0.05, 0) is 12.1 Å². The minimum Gasteiger partial charge on any atom is -0.374 e. The van der Waals surface area contributed by atoms with Gasteiger partial charge in [-0.25, -0.2) is 4.39 Å². The highest BCUT2D eigenvalue weighted by atomic mass is 35.5. The number of nitrogens with zero attached hydrogens (tertiary/aromatic N) is 2. The Bertz CT molecular complexity index is 1070. The van der Waals surface area contributed by atoms with Crippen molar-refractivity contribution in [2.45, 2.75) is 11.9 Å². The van der Waals surface area contributed by atoms with Gasteiger partial charge in [-0.15, -0.1) is 11.8 Å². The Kier molecular flexibility index (Phi) is 7.65. The van der Waals surface area contributed by atoms with Crippen molar-refractivity contribution < 1.29 is 18.8 Å². The quantitative estimate of drug-likeness (QED) is 0.422. The van der Waals surface area contributed by atoms with Gasteiger partial charge in [0.25, 0.3) is 11.8 Å². The highest BCUT2D eigenvalue weighted by Gasteiger charge is 2.34. The summed E-state index contributed by atoms with van der Waals surface area (Å²) in [4.78, 5) is 42.0. The van der Waals surface area contributed by atoms with Crippen molar-refractivity contribution in [1.82, 2.24) is 15.2 Å². The molecular formula is C20H20ClFN6O3S. The van der Waals surface area contributed by atoms with Crippen LogP contribution in [0.3, 0.4) is 0 Å². The summed E-state index contributed by atoms with van der Waals surface area (Å²) in [5.74, 6) is -1.71. The van der Waals surface area contributed by atoms with Gasteiger partial charge in [0.05, 0.1) is 23.5 Å². The van der Waals surface area contributed by atoms with E-state index in [0.29, 0.717) is 18.0 Å². The second-order valence-corrected chi connectivity index (χ2v) is 8.35. The molecule has 1 aromatic carbocycles. The summed E-state index contributed by atoms with van der Waals surface area (Å²) in [6.07, 6.45) is 2.78. The van der Waals surface area contributed by atoms with Crippen LogP contribution in [0.2, 0.25) is 5.02 Å². The van der Waals surface area contributed by atoms with Gasteiger partial charge in [0, 0.05) is 36.2 Å². The Labute approximate surface area is 192 Å². The predicted octanol–water partition coefficient (Wildman–Crippen LogP) is 1.36. The molecule has 3 rings (SSSR count). The number of carbonyl (C=O) groups is 3. The van der Waals surface area contributed by atoms with Gasteiger partial charge >= 0.3 is 0 Å². The van der Waals surface area contributed by atoms with Crippen molar-refractivity contribution in [1.29, 1.82) is 5.41 Å². The Hall–Kier alpha value is -3.18. The van der Waals surface area contributed by atoms with Gasteiger partial charge in [-0.3, -0.25) is 24.8 Å². The van der Waals surface area contributed by atoms with Crippen LogP contribution in [0.25, 0.3) is 0 Å². The third-order valence-electron chi connectivity index (χ3n) is 4.69. The minimum absolute atomic E-state index is 0.0333. The van der Waals surface area contributed by atoms with E-state index >= 15 is 0 Å². The molecule has 1 aliphatic heterocycles. The SMILES string of the molecule is N=C(C(N)=O)c1ccncc1NCC(=O)N1CCS[C@H]1C(=O)NCc1cccc(Cl)c1F. The smallest absolute Gasteiger partial charge is 0.267 e. The fraction of sp³-hybridized carbons (Fsp3) is 0.250. The zero-order valence-electron chi connectivity index (χ0n) is 16.7. The van der Waals surface area contributed by atoms with Crippen LogP contribution in [0.5, 0.6) is 0 Å². The summed E-state index contributed by atoms with van der Waals surface area (Å²) in [6.45, 7) is 0.126. The first kappa shape index (κ1) is 23.5. The minimum atomic E-state index is -0.908. The highest BCUT2D eigenvalue weighted by Crippen LogP contribution is 2.25. The van der Waals surface area contributed by atoms with Crippen molar-refractivity contribution in [2.24, 2.45) is 5.73 Å². The number of amides is 3. The number of nitrogens with two attached hydrogens (primary N) is 1. The van der Waals surface area contributed by atoms with Gasteiger partial charge in [0.2, 0.25) is 5.91 Å². The fourth-order valence-electron chi connectivity index (χ4n) is 3.06. The molecule has 32 heavy (non-hydrogen) atoms. The Balaban J connectivity index is 1.61. The van der Waals surface area contributed by atoms with Gasteiger partial charge in [-0.2, -0.15) is 0 Å². The number of primary amides is 1. The van der Waals surface area contributed by atoms with Crippen LogP contribution in [0, 0.1) is 11.2 Å². The number of nitrogens with one attached hydrogen (secondary N) is 3. The van der Waals surface area contributed by atoms with Crippen LogP contribution in [-0.4, -0.2) is 57.5 Å². The summed E-state index contributed by atoms with van der Waals surface area (Å²) in [6, 6.07) is 5.96. The van der Waals surface area contributed by atoms with E-state index < -0.39 is 28.7 Å². The largest absolute Gasteiger partial charge is 0.374 e. The van der Waals surface area contributed by atoms with Gasteiger partial charge in [0.1, 0.15) is 11.5 Å². The number of hydrogen-bond acceptors (Lipinski definition) is 7. The number of anilines is 1. The van der Waals surface area contributed by atoms with E-state index in [1.165, 1.54) is 47.3 Å². The van der Waals surface area contributed by atoms with Gasteiger partial charge < -0.3 is 21.3 Å². The lowest BCUT2D eigenvalue weighted by molar-refractivity contribution is -0.135. The molecule has 3 amide bonds. The topological polar surface area (TPSA) is 141 Å². The molecule has 12 heteroatoms. The molecule has 0 unspecified atom stereocenters. The monoisotopic (exact) mass is 478 g/mol. The maximum atomic E-state index is 14.0. The van der Waals surface area contributed by atoms with Crippen molar-refractivity contribution >= 4 is 52.5 Å². The maximum Gasteiger partial charge on any atom is 0.267 e. The third kappa shape index (κ3) is 5.35. The summed E-state index contributed by atoms with van der Waals surface area (Å²) >= 11 is 7.06. The van der Waals surface area contributed by atoms with E-state index in [0.717, 1.165) is 0 Å². The van der Waals surface area contributed by atoms with Crippen molar-refractivity contribution in [3.63, 3.8) is 0 Å². The van der Waals surface area contributed by atoms with Crippen LogP contribution in [-0.2, 0) is 20.9 Å². The number of carbonyl (C=O) groups excluding carboxylic acids is 3. The van der Waals surface area contributed by atoms with E-state index in [4.69, 9.17) is 22.7 Å². The second-order valence-electron chi connectivity index (χ2n) is 6.76. The number of aromatic nitrogens is 1. The van der Waals surface area contributed by atoms with Gasteiger partial charge in [0.15, 0.2) is 5.37 Å². The van der Waals surface area contributed by atoms with E-state index in [2.05, 4.69) is 15.6 Å². The Morgan fingerprint density at radius 3 is 2.88 bits per heavy atom. The lowest BCUT2D eigenvalue weighted by atomic mass is 10.1. The van der Waals surface area contributed by atoms with Gasteiger partial charge in [-0.1, -0.05) is 23.7 Å². The Morgan fingerprint density at radius 2 is 2.12 bits per heavy atom. The predicted molar refractivity (Wildman–Crippen MR) is 120 cm³/mol. The molecule has 2 heterocycles. The zero-order chi connectivity index (χ0) is 23.3. The summed E-state index contributed by atoms with van der Waals surface area (Å²) in [7, 11) is 0. The molecule has 1 aromatic heterocycles. The van der Waals surface area contributed by atoms with Crippen LogP contribution in [0.1, 0.15) is 11.1 Å². The fourth-order valence-corrected chi connectivity index (χ4v) is 4.41. The van der Waals surface area contributed by atoms with Crippen molar-refractivity contribution in [2.75, 3.05) is 24.2 Å². The molecule has 1 aliphatic rings. The lowest BCUT2D eigenvalue weighted by Gasteiger charge is -2.23. The molecule has 0 saturated carbocycles. The molecule has 2 aromatic rings. The first-order valence-corrected chi connectivity index (χ1v) is 10.9. The average Bonchev–Trinajstić information content (AvgIpc) is 3.28. The number of pyridine rings is 1. The van der Waals surface area contributed by atoms with Crippen LogP contribution in [0.4, 0.5) is 10.1 Å². The molecule has 5 N–H and O–H groups in total. The normalized spacial score (nSPS) is 15.3. The van der Waals surface area contributed by atoms with E-state index in [-0.39, 0.29) is 35.1 Å². The first-order chi connectivity index (χ1) is 15.3. The highest BCUT2D eigenvalue weighted by molar-refractivity contribution is 8.00. The van der Waals surface area contributed by atoms with Crippen LogP contribution >= 0.6 is 23.4 Å². The summed E-state index contributed by atoms with van der Waals surface area (Å²) in [5.41, 5.74) is 5.52. The van der Waals surface area contributed by atoms with E-state index in [9.17, 15) is 18.8 Å². The zero-order valence-corrected chi connectivity index (χ0v) is 18.3. The van der Waals surface area contributed by atoms with Crippen molar-refractivity contribution in [3.8, 4) is 0 Å². The molecule has 168 valence electrons. The molecule has 9 nitrogen and oxygen atoms in total. The first-order valence-electron chi connectivity index (χ1n) is 9.48. The molecule has 0 aliphatic carbocycles. The van der Waals surface area contributed by atoms with Crippen LogP contribution in [0.15, 0.2) is 36.7 Å². The number of benzene rings is 1. The third-order valence-corrected chi connectivity index (χ3v) is 6.18. The molecular weight excluding hydrogens is 459 g/mol. The standard InChI is InChI=1S/C20H20ClFN6O3S/c21-13-3-1-2-11(16(13)22)8-27-19(31)20-28(6-7-32-20)15(29)10-26-14-9-25-5-4-12(14)17(23)18(24)30/h1-5,9,20,23,26H,6-8,10H2,(H2,24,30)(H,27,31)/t20-/m0/s1. The van der Waals surface area contributed by atoms with E-state index in [1.54, 1.807) is 6.07 Å². The van der Waals surface area contributed by atoms with Crippen molar-refractivity contribution in [3.05, 3.63) is 58.6 Å². The number of halogens is 2. The molecule has 0 spiro atoms. The summed E-state index contributed by atoms with van der Waals surface area (Å²) < 4.78 is 14.0. The molecule has 1 atom stereocenters. The molecule has 0 bridgehead atoms. The number of hydrogen-bond donors (Lipinski definition) is 4. The molecule has 1 saturated heterocycles. The van der Waals surface area contributed by atoms with Crippen LogP contribution < -0.4 is 16.4 Å². The Morgan fingerprint density at radius 1 is 1.34 bits per heavy atom. The lowest BCUT2D eigenvalue weighted by Crippen LogP contribution is -2.46.